The van der Waals surface area contributed by atoms with E-state index in [9.17, 15) is 25.5 Å². The fourth-order valence-corrected chi connectivity index (χ4v) is 2.18. The van der Waals surface area contributed by atoms with Crippen LogP contribution in [0.15, 0.2) is 4.99 Å². The van der Waals surface area contributed by atoms with Crippen molar-refractivity contribution in [2.24, 2.45) is 4.99 Å². The van der Waals surface area contributed by atoms with E-state index in [4.69, 9.17) is 14.6 Å². The van der Waals surface area contributed by atoms with Gasteiger partial charge in [-0.1, -0.05) is 0 Å². The molecule has 21 heavy (non-hydrogen) atoms. The molecular weight excluding hydrogens is 288 g/mol. The first-order chi connectivity index (χ1) is 9.95. The van der Waals surface area contributed by atoms with Gasteiger partial charge in [0.2, 0.25) is 0 Å². The summed E-state index contributed by atoms with van der Waals surface area (Å²) in [7, 11) is 0. The van der Waals surface area contributed by atoms with Gasteiger partial charge in [-0.15, -0.1) is 0 Å². The number of aliphatic hydroxyl groups is 6. The zero-order valence-corrected chi connectivity index (χ0v) is 11.1. The third kappa shape index (κ3) is 3.43. The summed E-state index contributed by atoms with van der Waals surface area (Å²) in [6.45, 7) is 0.0816. The summed E-state index contributed by atoms with van der Waals surface area (Å²) in [6.07, 6.45) is -10.4. The summed E-state index contributed by atoms with van der Waals surface area (Å²) in [5.41, 5.74) is 0. The lowest BCUT2D eigenvalue weighted by Crippen LogP contribution is -2.50. The Hall–Kier alpha value is -1.01. The number of rotatable bonds is 5. The fourth-order valence-electron chi connectivity index (χ4n) is 2.18. The van der Waals surface area contributed by atoms with E-state index in [-0.39, 0.29) is 6.02 Å². The van der Waals surface area contributed by atoms with Crippen LogP contribution in [0.25, 0.3) is 0 Å². The van der Waals surface area contributed by atoms with Crippen LogP contribution < -0.4 is 5.32 Å². The molecule has 2 heterocycles. The zero-order chi connectivity index (χ0) is 15.6. The first kappa shape index (κ1) is 16.4. The largest absolute Gasteiger partial charge is 0.463 e. The van der Waals surface area contributed by atoms with Crippen molar-refractivity contribution in [2.75, 3.05) is 19.8 Å². The van der Waals surface area contributed by atoms with E-state index in [2.05, 4.69) is 10.3 Å². The molecule has 122 valence electrons. The lowest BCUT2D eigenvalue weighted by Gasteiger charge is -2.27. The minimum atomic E-state index is -1.74. The van der Waals surface area contributed by atoms with Crippen LogP contribution in [0, 0.1) is 0 Å². The number of aliphatic imine (C=N–C) groups is 1. The predicted molar refractivity (Wildman–Crippen MR) is 67.2 cm³/mol. The molecule has 2 aliphatic heterocycles. The van der Waals surface area contributed by atoms with Crippen LogP contribution >= 0.6 is 0 Å². The van der Waals surface area contributed by atoms with Crippen LogP contribution in [0.4, 0.5) is 0 Å². The topological polar surface area (TPSA) is 164 Å². The van der Waals surface area contributed by atoms with E-state index in [0.717, 1.165) is 0 Å². The summed E-state index contributed by atoms with van der Waals surface area (Å²) in [5, 5.41) is 59.9. The van der Waals surface area contributed by atoms with Crippen molar-refractivity contribution in [3.05, 3.63) is 0 Å². The maximum absolute atomic E-state index is 9.88. The Balaban J connectivity index is 1.98. The van der Waals surface area contributed by atoms with Gasteiger partial charge in [0.05, 0.1) is 13.2 Å². The number of ether oxygens (including phenoxy) is 2. The lowest BCUT2D eigenvalue weighted by atomic mass is 9.98. The van der Waals surface area contributed by atoms with Crippen molar-refractivity contribution in [3.8, 4) is 0 Å². The van der Waals surface area contributed by atoms with Crippen molar-refractivity contribution < 1.29 is 40.1 Å². The fraction of sp³-hybridized carbons (Fsp3) is 0.909. The monoisotopic (exact) mass is 308 g/mol. The molecule has 10 nitrogen and oxygen atoms in total. The quantitative estimate of drug-likeness (QED) is 0.265. The van der Waals surface area contributed by atoms with Crippen molar-refractivity contribution in [3.63, 3.8) is 0 Å². The third-order valence-corrected chi connectivity index (χ3v) is 3.42. The Morgan fingerprint density at radius 3 is 2.52 bits per heavy atom. The molecule has 0 amide bonds. The van der Waals surface area contributed by atoms with Gasteiger partial charge in [0.1, 0.15) is 43.2 Å². The lowest BCUT2D eigenvalue weighted by molar-refractivity contribution is -0.143. The summed E-state index contributed by atoms with van der Waals surface area (Å²) in [4.78, 5) is 3.93. The highest BCUT2D eigenvalue weighted by molar-refractivity contribution is 5.75. The molecule has 0 bridgehead atoms. The van der Waals surface area contributed by atoms with Crippen LogP contribution in [0.5, 0.6) is 0 Å². The van der Waals surface area contributed by atoms with Crippen molar-refractivity contribution in [1.82, 2.24) is 5.32 Å². The highest BCUT2D eigenvalue weighted by Gasteiger charge is 2.49. The molecule has 0 aromatic rings. The number of aliphatic hydroxyl groups excluding tert-OH is 6. The Kier molecular flexibility index (Phi) is 5.32. The number of nitrogens with zero attached hydrogens (tertiary/aromatic N) is 1. The van der Waals surface area contributed by atoms with Crippen LogP contribution in [0.1, 0.15) is 0 Å². The van der Waals surface area contributed by atoms with Crippen LogP contribution in [0.3, 0.4) is 0 Å². The maximum atomic E-state index is 9.88. The molecule has 1 saturated heterocycles. The molecule has 10 heteroatoms. The summed E-state index contributed by atoms with van der Waals surface area (Å²) >= 11 is 0. The minimum absolute atomic E-state index is 0.150. The second-order valence-corrected chi connectivity index (χ2v) is 4.91. The average molecular weight is 308 g/mol. The van der Waals surface area contributed by atoms with Gasteiger partial charge < -0.3 is 45.4 Å². The molecule has 0 aromatic carbocycles. The first-order valence-corrected chi connectivity index (χ1v) is 6.56. The normalized spacial score (nSPS) is 36.8. The van der Waals surface area contributed by atoms with Gasteiger partial charge in [0.25, 0.3) is 6.02 Å². The Morgan fingerprint density at radius 2 is 1.95 bits per heavy atom. The highest BCUT2D eigenvalue weighted by atomic mass is 16.6. The van der Waals surface area contributed by atoms with Crippen molar-refractivity contribution in [1.29, 1.82) is 0 Å². The number of hydrogen-bond donors (Lipinski definition) is 7. The molecule has 7 atom stereocenters. The van der Waals surface area contributed by atoms with Gasteiger partial charge in [-0.25, -0.2) is 4.99 Å². The van der Waals surface area contributed by atoms with E-state index < -0.39 is 49.5 Å². The van der Waals surface area contributed by atoms with Gasteiger partial charge in [-0.3, -0.25) is 0 Å². The maximum Gasteiger partial charge on any atom is 0.286 e. The SMILES string of the molecule is OC[C@@H](O)[C@@H](O)[C@@H](O)[C@H]1OC(NC2=NCCO2)[C@H](O)[C@@H]1O. The summed E-state index contributed by atoms with van der Waals surface area (Å²) in [5.74, 6) is 0. The Labute approximate surface area is 120 Å². The van der Waals surface area contributed by atoms with Crippen molar-refractivity contribution >= 4 is 6.02 Å². The molecule has 2 aliphatic rings. The number of hydrogen-bond acceptors (Lipinski definition) is 10. The summed E-state index contributed by atoms with van der Waals surface area (Å²) < 4.78 is 10.3. The van der Waals surface area contributed by atoms with Gasteiger partial charge in [-0.2, -0.15) is 0 Å². The van der Waals surface area contributed by atoms with E-state index in [1.165, 1.54) is 0 Å². The van der Waals surface area contributed by atoms with E-state index >= 15 is 0 Å². The predicted octanol–water partition coefficient (Wildman–Crippen LogP) is -4.52. The summed E-state index contributed by atoms with van der Waals surface area (Å²) in [6, 6.07) is 0.150. The Bertz CT molecular complexity index is 381. The van der Waals surface area contributed by atoms with Gasteiger partial charge >= 0.3 is 0 Å². The average Bonchev–Trinajstić information content (AvgIpc) is 3.09. The molecular formula is C11H20N2O8. The van der Waals surface area contributed by atoms with Crippen LogP contribution in [-0.4, -0.2) is 99.3 Å². The van der Waals surface area contributed by atoms with Gasteiger partial charge in [0.15, 0.2) is 6.23 Å². The molecule has 7 N–H and O–H groups in total. The highest BCUT2D eigenvalue weighted by Crippen LogP contribution is 2.24. The second kappa shape index (κ2) is 6.83. The second-order valence-electron chi connectivity index (χ2n) is 4.91. The van der Waals surface area contributed by atoms with Crippen LogP contribution in [-0.2, 0) is 9.47 Å². The van der Waals surface area contributed by atoms with E-state index in [0.29, 0.717) is 13.2 Å². The Morgan fingerprint density at radius 1 is 1.24 bits per heavy atom. The first-order valence-electron chi connectivity index (χ1n) is 6.56. The molecule has 0 radical (unpaired) electrons. The molecule has 1 unspecified atom stereocenters. The molecule has 2 rings (SSSR count). The minimum Gasteiger partial charge on any atom is -0.463 e. The smallest absolute Gasteiger partial charge is 0.286 e. The molecule has 1 fully saturated rings. The third-order valence-electron chi connectivity index (χ3n) is 3.42. The zero-order valence-electron chi connectivity index (χ0n) is 11.1. The van der Waals surface area contributed by atoms with E-state index in [1.54, 1.807) is 0 Å². The molecule has 0 aromatic heterocycles. The standard InChI is InChI=1S/C11H20N2O8/c14-3-4(15)5(16)6(17)9-7(18)8(19)10(21-9)13-11-12-1-2-20-11/h4-10,14-19H,1-3H2,(H,12,13)/t4-,5-,6-,7+,8-,9-,10?/m1/s1. The van der Waals surface area contributed by atoms with Gasteiger partial charge in [0, 0.05) is 0 Å². The van der Waals surface area contributed by atoms with E-state index in [1.807, 2.05) is 0 Å². The molecule has 0 spiro atoms. The van der Waals surface area contributed by atoms with Crippen molar-refractivity contribution in [2.45, 2.75) is 42.9 Å². The molecule has 0 aliphatic carbocycles. The van der Waals surface area contributed by atoms with Crippen LogP contribution in [0.2, 0.25) is 0 Å². The van der Waals surface area contributed by atoms with Gasteiger partial charge in [-0.05, 0) is 0 Å². The number of nitrogens with one attached hydrogen (secondary N) is 1. The molecule has 0 saturated carbocycles. The number of amidine groups is 1.